The SMILES string of the molecule is CC[O][V][O]CC.Cl.Cl.Cl.Cl.[Ti]. The zero-order valence-electron chi connectivity index (χ0n) is 6.81. The molecule has 79 valence electrons. The van der Waals surface area contributed by atoms with Gasteiger partial charge in [0.15, 0.2) is 0 Å². The topological polar surface area (TPSA) is 18.5 Å². The van der Waals surface area contributed by atoms with Crippen LogP contribution < -0.4 is 0 Å². The molecule has 0 fully saturated rings. The minimum atomic E-state index is -0.255. The molecule has 0 unspecified atom stereocenters. The van der Waals surface area contributed by atoms with Gasteiger partial charge in [0.2, 0.25) is 0 Å². The molecule has 0 N–H and O–H groups in total. The number of rotatable bonds is 4. The minimum Gasteiger partial charge on any atom is -0.147 e. The molecule has 8 heteroatoms. The molecule has 0 saturated heterocycles. The molecule has 0 atom stereocenters. The third-order valence-electron chi connectivity index (χ3n) is 0.364. The maximum atomic E-state index is 4.95. The fourth-order valence-electron chi connectivity index (χ4n) is 0.143. The first-order valence-corrected chi connectivity index (χ1v) is 3.50. The summed E-state index contributed by atoms with van der Waals surface area (Å²) in [5, 5.41) is 0. The van der Waals surface area contributed by atoms with Crippen LogP contribution in [0.15, 0.2) is 0 Å². The third-order valence-corrected chi connectivity index (χ3v) is 1.50. The van der Waals surface area contributed by atoms with Crippen LogP contribution in [0, 0.1) is 0 Å². The van der Waals surface area contributed by atoms with Gasteiger partial charge < -0.3 is 0 Å². The van der Waals surface area contributed by atoms with Gasteiger partial charge in [-0.1, -0.05) is 0 Å². The van der Waals surface area contributed by atoms with Gasteiger partial charge in [0.05, 0.1) is 0 Å². The number of hydrogen-bond donors (Lipinski definition) is 0. The van der Waals surface area contributed by atoms with Crippen LogP contribution in [-0.2, 0) is 46.0 Å². The Morgan fingerprint density at radius 2 is 1.08 bits per heavy atom. The van der Waals surface area contributed by atoms with Gasteiger partial charge in [-0.25, -0.2) is 0 Å². The Hall–Kier alpha value is 2.38. The Morgan fingerprint density at radius 1 is 0.833 bits per heavy atom. The Morgan fingerprint density at radius 3 is 1.25 bits per heavy atom. The van der Waals surface area contributed by atoms with Crippen molar-refractivity contribution in [3.63, 3.8) is 0 Å². The van der Waals surface area contributed by atoms with Gasteiger partial charge in [-0.2, -0.15) is 0 Å². The van der Waals surface area contributed by atoms with Gasteiger partial charge in [-0.3, -0.25) is 0 Å². The van der Waals surface area contributed by atoms with Crippen LogP contribution in [0.1, 0.15) is 13.8 Å². The number of hydrogen-bond acceptors (Lipinski definition) is 2. The normalized spacial score (nSPS) is 5.17. The first kappa shape index (κ1) is 36.7. The van der Waals surface area contributed by atoms with Crippen LogP contribution in [0.5, 0.6) is 0 Å². The van der Waals surface area contributed by atoms with Gasteiger partial charge in [0.1, 0.15) is 0 Å². The van der Waals surface area contributed by atoms with Crippen molar-refractivity contribution in [2.75, 3.05) is 13.2 Å². The monoisotopic (exact) mass is 333 g/mol. The van der Waals surface area contributed by atoms with E-state index in [-0.39, 0.29) is 88.3 Å². The molecule has 0 aromatic heterocycles. The van der Waals surface area contributed by atoms with Crippen molar-refractivity contribution in [3.8, 4) is 0 Å². The molecule has 2 nitrogen and oxygen atoms in total. The van der Waals surface area contributed by atoms with Gasteiger partial charge >= 0.3 is 51.4 Å². The second kappa shape index (κ2) is 37.7. The van der Waals surface area contributed by atoms with E-state index in [2.05, 4.69) is 0 Å². The maximum absolute atomic E-state index is 4.95. The quantitative estimate of drug-likeness (QED) is 0.581. The summed E-state index contributed by atoms with van der Waals surface area (Å²) in [5.41, 5.74) is 0. The van der Waals surface area contributed by atoms with E-state index >= 15 is 0 Å². The molecular formula is C4H14Cl4O2TiV. The van der Waals surface area contributed by atoms with Gasteiger partial charge in [0, 0.05) is 21.7 Å². The molecular weight excluding hydrogens is 321 g/mol. The summed E-state index contributed by atoms with van der Waals surface area (Å²) < 4.78 is 9.89. The van der Waals surface area contributed by atoms with E-state index in [0.717, 1.165) is 13.2 Å². The van der Waals surface area contributed by atoms with E-state index in [4.69, 9.17) is 7.32 Å². The Labute approximate surface area is 122 Å². The molecule has 0 bridgehead atoms. The molecule has 0 aliphatic carbocycles. The standard InChI is InChI=1S/2C2H5O.4ClH.Ti.V/c2*1-2-3;;;;;;/h2*2H2,1H3;4*1H;;/q2*-1;;;;;;+2. The summed E-state index contributed by atoms with van der Waals surface area (Å²) in [4.78, 5) is 0. The largest absolute Gasteiger partial charge is 0.147 e. The van der Waals surface area contributed by atoms with E-state index in [1.165, 1.54) is 0 Å². The van der Waals surface area contributed by atoms with E-state index in [1.807, 2.05) is 13.8 Å². The van der Waals surface area contributed by atoms with Crippen LogP contribution in [0.4, 0.5) is 0 Å². The van der Waals surface area contributed by atoms with E-state index in [0.29, 0.717) is 0 Å². The summed E-state index contributed by atoms with van der Waals surface area (Å²) in [6.45, 7) is 5.49. The molecule has 0 aromatic rings. The molecule has 12 heavy (non-hydrogen) atoms. The van der Waals surface area contributed by atoms with Gasteiger partial charge in [-0.15, -0.1) is 49.6 Å². The molecule has 0 aromatic carbocycles. The van der Waals surface area contributed by atoms with Crippen molar-refractivity contribution >= 4 is 49.6 Å². The molecule has 0 heterocycles. The minimum absolute atomic E-state index is 0. The smallest absolute Gasteiger partial charge is 0 e. The summed E-state index contributed by atoms with van der Waals surface area (Å²) >= 11 is -0.255. The van der Waals surface area contributed by atoms with Crippen molar-refractivity contribution in [2.24, 2.45) is 0 Å². The predicted octanol–water partition coefficient (Wildman–Crippen LogP) is 2.66. The van der Waals surface area contributed by atoms with Crippen molar-refractivity contribution < 1.29 is 46.0 Å². The van der Waals surface area contributed by atoms with Gasteiger partial charge in [-0.05, 0) is 0 Å². The average Bonchev–Trinajstić information content (AvgIpc) is 1.69. The summed E-state index contributed by atoms with van der Waals surface area (Å²) in [5.74, 6) is 0. The first-order chi connectivity index (χ1) is 3.41. The van der Waals surface area contributed by atoms with Crippen LogP contribution in [0.3, 0.4) is 0 Å². The second-order valence-corrected chi connectivity index (χ2v) is 1.95. The summed E-state index contributed by atoms with van der Waals surface area (Å²) in [7, 11) is 0. The fourth-order valence-corrected chi connectivity index (χ4v) is 0.588. The van der Waals surface area contributed by atoms with Crippen molar-refractivity contribution in [1.82, 2.24) is 0 Å². The second-order valence-electron chi connectivity index (χ2n) is 0.910. The van der Waals surface area contributed by atoms with Crippen LogP contribution in [0.25, 0.3) is 0 Å². The first-order valence-electron chi connectivity index (χ1n) is 2.36. The zero-order chi connectivity index (χ0) is 5.54. The van der Waals surface area contributed by atoms with Crippen molar-refractivity contribution in [2.45, 2.75) is 13.8 Å². The molecule has 0 saturated carbocycles. The summed E-state index contributed by atoms with van der Waals surface area (Å²) in [6.07, 6.45) is 0. The van der Waals surface area contributed by atoms with E-state index in [9.17, 15) is 0 Å². The molecule has 0 spiro atoms. The van der Waals surface area contributed by atoms with Crippen molar-refractivity contribution in [1.29, 1.82) is 0 Å². The third kappa shape index (κ3) is 39.4. The Kier molecular flexibility index (Phi) is 115. The maximum Gasteiger partial charge on any atom is 0 e. The van der Waals surface area contributed by atoms with Gasteiger partial charge in [0.25, 0.3) is 0 Å². The molecule has 0 aliphatic heterocycles. The van der Waals surface area contributed by atoms with E-state index in [1.54, 1.807) is 0 Å². The number of halogens is 4. The summed E-state index contributed by atoms with van der Waals surface area (Å²) in [6, 6.07) is 0. The van der Waals surface area contributed by atoms with Crippen LogP contribution in [-0.4, -0.2) is 13.2 Å². The fraction of sp³-hybridized carbons (Fsp3) is 1.00. The molecule has 0 aliphatic rings. The van der Waals surface area contributed by atoms with Crippen LogP contribution >= 0.6 is 49.6 Å². The molecule has 0 radical (unpaired) electrons. The molecule has 0 rings (SSSR count). The molecule has 0 amide bonds. The average molecular weight is 335 g/mol. The van der Waals surface area contributed by atoms with E-state index < -0.39 is 0 Å². The zero-order valence-corrected chi connectivity index (χ0v) is 13.0. The van der Waals surface area contributed by atoms with Crippen LogP contribution in [0.2, 0.25) is 0 Å². The van der Waals surface area contributed by atoms with Crippen molar-refractivity contribution in [3.05, 3.63) is 0 Å². The Bertz CT molecular complexity index is 44.2. The Balaban J connectivity index is -0.0000000180. The predicted molar refractivity (Wildman–Crippen MR) is 52.2 cm³/mol.